The Morgan fingerprint density at radius 1 is 1.07 bits per heavy atom. The number of methoxy groups -OCH3 is 1. The minimum absolute atomic E-state index is 0.0324. The summed E-state index contributed by atoms with van der Waals surface area (Å²) in [7, 11) is 1.21. The summed E-state index contributed by atoms with van der Waals surface area (Å²) >= 11 is 0. The molecule has 6 nitrogen and oxygen atoms in total. The second-order valence-corrected chi connectivity index (χ2v) is 8.44. The molecule has 0 saturated heterocycles. The number of esters is 1. The summed E-state index contributed by atoms with van der Waals surface area (Å²) in [5.74, 6) is -2.00. The predicted octanol–water partition coefficient (Wildman–Crippen LogP) is 3.78. The van der Waals surface area contributed by atoms with Crippen molar-refractivity contribution in [1.29, 1.82) is 0 Å². The van der Waals surface area contributed by atoms with Gasteiger partial charge in [-0.05, 0) is 63.4 Å². The Kier molecular flexibility index (Phi) is 6.77. The fraction of sp³-hybridized carbons (Fsp3) is 0.636. The number of aromatic hydroxyl groups is 1. The Morgan fingerprint density at radius 2 is 1.69 bits per heavy atom. The summed E-state index contributed by atoms with van der Waals surface area (Å²) in [6.45, 7) is 2.17. The zero-order chi connectivity index (χ0) is 21.1. The lowest BCUT2D eigenvalue weighted by Crippen LogP contribution is -2.47. The van der Waals surface area contributed by atoms with E-state index in [0.717, 1.165) is 37.8 Å². The Labute approximate surface area is 170 Å². The fourth-order valence-electron chi connectivity index (χ4n) is 4.54. The lowest BCUT2D eigenvalue weighted by Gasteiger charge is -2.39. The van der Waals surface area contributed by atoms with Gasteiger partial charge in [-0.3, -0.25) is 4.79 Å². The predicted molar refractivity (Wildman–Crippen MR) is 106 cm³/mol. The molecular weight excluding hydrogens is 377 g/mol. The highest BCUT2D eigenvalue weighted by molar-refractivity contribution is 6.04. The van der Waals surface area contributed by atoms with Crippen LogP contribution in [-0.2, 0) is 9.53 Å². The molecule has 2 N–H and O–H groups in total. The molecule has 2 saturated carbocycles. The highest BCUT2D eigenvalue weighted by Gasteiger charge is 2.37. The number of nitrogens with zero attached hydrogens (tertiary/aromatic N) is 1. The highest BCUT2D eigenvalue weighted by Crippen LogP contribution is 2.37. The Hall–Kier alpha value is -2.15. The van der Waals surface area contributed by atoms with Gasteiger partial charge in [-0.15, -0.1) is 0 Å². The van der Waals surface area contributed by atoms with Crippen molar-refractivity contribution in [3.05, 3.63) is 23.5 Å². The molecule has 0 aliphatic heterocycles. The van der Waals surface area contributed by atoms with Crippen LogP contribution in [0.15, 0.2) is 12.1 Å². The first-order chi connectivity index (χ1) is 13.8. The molecule has 0 heterocycles. The first-order valence-electron chi connectivity index (χ1n) is 10.4. The van der Waals surface area contributed by atoms with Crippen molar-refractivity contribution in [2.75, 3.05) is 12.0 Å². The van der Waals surface area contributed by atoms with E-state index in [1.807, 2.05) is 0 Å². The quantitative estimate of drug-likeness (QED) is 0.742. The van der Waals surface area contributed by atoms with E-state index in [9.17, 15) is 24.2 Å². The molecule has 1 aromatic carbocycles. The molecule has 2 aliphatic rings. The van der Waals surface area contributed by atoms with E-state index < -0.39 is 23.6 Å². The number of amides is 1. The number of hydrogen-bond acceptors (Lipinski definition) is 5. The summed E-state index contributed by atoms with van der Waals surface area (Å²) in [6, 6.07) is 1.84. The molecule has 1 aromatic rings. The van der Waals surface area contributed by atoms with Gasteiger partial charge < -0.3 is 19.8 Å². The molecule has 0 aromatic heterocycles. The van der Waals surface area contributed by atoms with Gasteiger partial charge in [-0.2, -0.15) is 0 Å². The summed E-state index contributed by atoms with van der Waals surface area (Å²) in [5, 5.41) is 19.7. The van der Waals surface area contributed by atoms with Crippen LogP contribution in [0.25, 0.3) is 0 Å². The monoisotopic (exact) mass is 407 g/mol. The lowest BCUT2D eigenvalue weighted by atomic mass is 9.81. The molecule has 2 aliphatic carbocycles. The maximum Gasteiger partial charge on any atom is 0.340 e. The number of ether oxygens (including phenoxy) is 1. The molecule has 0 atom stereocenters. The van der Waals surface area contributed by atoms with Gasteiger partial charge >= 0.3 is 5.97 Å². The van der Waals surface area contributed by atoms with Crippen molar-refractivity contribution in [3.63, 3.8) is 0 Å². The van der Waals surface area contributed by atoms with Crippen molar-refractivity contribution in [1.82, 2.24) is 0 Å². The molecule has 0 bridgehead atoms. The third-order valence-corrected chi connectivity index (χ3v) is 6.36. The normalized spacial score (nSPS) is 27.3. The number of phenolic OH excluding ortho intramolecular Hbond substituents is 1. The number of rotatable bonds is 4. The molecule has 3 rings (SSSR count). The summed E-state index contributed by atoms with van der Waals surface area (Å²) in [4.78, 5) is 27.5. The number of hydrogen-bond donors (Lipinski definition) is 2. The van der Waals surface area contributed by atoms with Gasteiger partial charge in [0.1, 0.15) is 0 Å². The van der Waals surface area contributed by atoms with Gasteiger partial charge in [0.05, 0.1) is 24.5 Å². The molecule has 29 heavy (non-hydrogen) atoms. The summed E-state index contributed by atoms with van der Waals surface area (Å²) < 4.78 is 19.1. The number of phenols is 1. The molecule has 0 spiro atoms. The minimum atomic E-state index is -0.890. The summed E-state index contributed by atoms with van der Waals surface area (Å²) in [5.41, 5.74) is 0.104. The van der Waals surface area contributed by atoms with Gasteiger partial charge in [0, 0.05) is 18.0 Å². The Morgan fingerprint density at radius 3 is 2.28 bits per heavy atom. The van der Waals surface area contributed by atoms with E-state index >= 15 is 0 Å². The largest absolute Gasteiger partial charge is 0.505 e. The third kappa shape index (κ3) is 4.71. The number of benzene rings is 1. The number of halogens is 1. The van der Waals surface area contributed by atoms with Crippen LogP contribution in [0.2, 0.25) is 0 Å². The van der Waals surface area contributed by atoms with Crippen LogP contribution in [0.4, 0.5) is 10.1 Å². The van der Waals surface area contributed by atoms with Crippen molar-refractivity contribution in [2.45, 2.75) is 70.4 Å². The first kappa shape index (κ1) is 21.6. The van der Waals surface area contributed by atoms with Gasteiger partial charge in [0.15, 0.2) is 11.6 Å². The Bertz CT molecular complexity index is 752. The molecule has 1 amide bonds. The minimum Gasteiger partial charge on any atom is -0.505 e. The van der Waals surface area contributed by atoms with E-state index in [-0.39, 0.29) is 29.1 Å². The molecule has 0 unspecified atom stereocenters. The van der Waals surface area contributed by atoms with Gasteiger partial charge in [0.25, 0.3) is 0 Å². The number of anilines is 1. The third-order valence-electron chi connectivity index (χ3n) is 6.36. The Balaban J connectivity index is 2.02. The van der Waals surface area contributed by atoms with Crippen LogP contribution in [0.5, 0.6) is 5.75 Å². The molecule has 2 fully saturated rings. The van der Waals surface area contributed by atoms with Crippen LogP contribution in [0.3, 0.4) is 0 Å². The van der Waals surface area contributed by atoms with Crippen LogP contribution < -0.4 is 4.90 Å². The zero-order valence-electron chi connectivity index (χ0n) is 17.1. The first-order valence-corrected chi connectivity index (χ1v) is 10.4. The second-order valence-electron chi connectivity index (χ2n) is 8.44. The van der Waals surface area contributed by atoms with Crippen LogP contribution in [0.1, 0.15) is 68.6 Å². The van der Waals surface area contributed by atoms with Crippen molar-refractivity contribution in [2.24, 2.45) is 11.8 Å². The number of carbonyl (C=O) groups is 2. The number of aliphatic hydroxyl groups is 1. The SMILES string of the molecule is COC(=O)c1cc(O)c(F)cc1N(C(=O)C1CCC(C)CC1)C1CCC(O)CC1. The van der Waals surface area contributed by atoms with Gasteiger partial charge in [-0.25, -0.2) is 9.18 Å². The smallest absolute Gasteiger partial charge is 0.340 e. The van der Waals surface area contributed by atoms with Crippen molar-refractivity contribution >= 4 is 17.6 Å². The maximum atomic E-state index is 14.3. The van der Waals surface area contributed by atoms with Crippen LogP contribution >= 0.6 is 0 Å². The molecular formula is C22H30FNO5. The molecule has 160 valence electrons. The summed E-state index contributed by atoms with van der Waals surface area (Å²) in [6.07, 6.45) is 5.27. The van der Waals surface area contributed by atoms with Crippen LogP contribution in [-0.4, -0.2) is 41.3 Å². The van der Waals surface area contributed by atoms with Crippen molar-refractivity contribution < 1.29 is 28.9 Å². The average molecular weight is 407 g/mol. The number of aliphatic hydroxyl groups excluding tert-OH is 1. The molecule has 7 heteroatoms. The second kappa shape index (κ2) is 9.11. The highest BCUT2D eigenvalue weighted by atomic mass is 19.1. The van der Waals surface area contributed by atoms with E-state index in [2.05, 4.69) is 6.92 Å². The average Bonchev–Trinajstić information content (AvgIpc) is 2.71. The van der Waals surface area contributed by atoms with Gasteiger partial charge in [-0.1, -0.05) is 6.92 Å². The topological polar surface area (TPSA) is 87.1 Å². The number of carbonyl (C=O) groups excluding carboxylic acids is 2. The molecule has 0 radical (unpaired) electrons. The maximum absolute atomic E-state index is 14.3. The van der Waals surface area contributed by atoms with Crippen molar-refractivity contribution in [3.8, 4) is 5.75 Å². The fourth-order valence-corrected chi connectivity index (χ4v) is 4.54. The van der Waals surface area contributed by atoms with E-state index in [4.69, 9.17) is 4.74 Å². The standard InChI is InChI=1S/C22H30FNO5/c1-13-3-5-14(6-4-13)21(27)24(15-7-9-16(25)10-8-15)19-12-18(23)20(26)11-17(19)22(28)29-2/h11-16,25-26H,3-10H2,1-2H3. The van der Waals surface area contributed by atoms with E-state index in [1.54, 1.807) is 4.90 Å². The lowest BCUT2D eigenvalue weighted by molar-refractivity contribution is -0.124. The van der Waals surface area contributed by atoms with E-state index in [1.165, 1.54) is 7.11 Å². The van der Waals surface area contributed by atoms with E-state index in [0.29, 0.717) is 31.6 Å². The van der Waals surface area contributed by atoms with Crippen LogP contribution in [0, 0.1) is 17.7 Å². The van der Waals surface area contributed by atoms with Gasteiger partial charge in [0.2, 0.25) is 5.91 Å². The zero-order valence-corrected chi connectivity index (χ0v) is 17.1.